The standard InChI is InChI=1S/C23H25N3O3/c1-2-29-22(28)18-11-8-14-25(15-18)23-24-19-12-6-7-13-20(19)26(23)16-21(27)17-9-4-3-5-10-17/h3-7,9-10,12-13,18H,2,8,11,14-16H2,1H3. The van der Waals surface area contributed by atoms with Gasteiger partial charge in [0.05, 0.1) is 30.1 Å². The molecule has 150 valence electrons. The van der Waals surface area contributed by atoms with Gasteiger partial charge in [0.25, 0.3) is 0 Å². The number of carbonyl (C=O) groups excluding carboxylic acids is 2. The van der Waals surface area contributed by atoms with Crippen LogP contribution in [0.3, 0.4) is 0 Å². The molecule has 2 heterocycles. The van der Waals surface area contributed by atoms with Crippen molar-refractivity contribution in [2.45, 2.75) is 26.3 Å². The van der Waals surface area contributed by atoms with Gasteiger partial charge in [-0.3, -0.25) is 9.59 Å². The number of piperidine rings is 1. The number of ether oxygens (including phenoxy) is 1. The Kier molecular flexibility index (Phi) is 5.60. The zero-order valence-electron chi connectivity index (χ0n) is 16.6. The van der Waals surface area contributed by atoms with Crippen LogP contribution < -0.4 is 4.90 Å². The number of fused-ring (bicyclic) bond motifs is 1. The molecule has 0 radical (unpaired) electrons. The number of carbonyl (C=O) groups is 2. The van der Waals surface area contributed by atoms with Crippen LogP contribution in [0.1, 0.15) is 30.1 Å². The maximum absolute atomic E-state index is 12.9. The zero-order chi connectivity index (χ0) is 20.2. The summed E-state index contributed by atoms with van der Waals surface area (Å²) in [6.07, 6.45) is 1.71. The Morgan fingerprint density at radius 1 is 1.10 bits per heavy atom. The molecule has 1 fully saturated rings. The van der Waals surface area contributed by atoms with E-state index in [1.165, 1.54) is 0 Å². The van der Waals surface area contributed by atoms with Crippen molar-refractivity contribution >= 4 is 28.7 Å². The molecule has 6 heteroatoms. The Bertz CT molecular complexity index is 1010. The van der Waals surface area contributed by atoms with Crippen LogP contribution >= 0.6 is 0 Å². The first kappa shape index (κ1) is 19.2. The third kappa shape index (κ3) is 4.01. The van der Waals surface area contributed by atoms with Gasteiger partial charge in [-0.2, -0.15) is 0 Å². The number of para-hydroxylation sites is 2. The van der Waals surface area contributed by atoms with Crippen LogP contribution in [0.2, 0.25) is 0 Å². The van der Waals surface area contributed by atoms with Gasteiger partial charge in [-0.05, 0) is 31.9 Å². The van der Waals surface area contributed by atoms with Gasteiger partial charge in [0.15, 0.2) is 5.78 Å². The lowest BCUT2D eigenvalue weighted by atomic mass is 9.98. The molecular weight excluding hydrogens is 366 g/mol. The molecule has 1 aromatic heterocycles. The van der Waals surface area contributed by atoms with E-state index >= 15 is 0 Å². The predicted molar refractivity (Wildman–Crippen MR) is 112 cm³/mol. The van der Waals surface area contributed by atoms with Crippen molar-refractivity contribution in [2.75, 3.05) is 24.6 Å². The molecule has 4 rings (SSSR count). The van der Waals surface area contributed by atoms with Crippen molar-refractivity contribution in [3.63, 3.8) is 0 Å². The number of aromatic nitrogens is 2. The second kappa shape index (κ2) is 8.47. The van der Waals surface area contributed by atoms with Crippen molar-refractivity contribution in [1.82, 2.24) is 9.55 Å². The molecule has 0 spiro atoms. The van der Waals surface area contributed by atoms with Crippen LogP contribution in [0.15, 0.2) is 54.6 Å². The summed E-state index contributed by atoms with van der Waals surface area (Å²) in [5.41, 5.74) is 2.45. The highest BCUT2D eigenvalue weighted by Crippen LogP contribution is 2.28. The topological polar surface area (TPSA) is 64.4 Å². The number of benzene rings is 2. The van der Waals surface area contributed by atoms with Gasteiger partial charge in [-0.1, -0.05) is 42.5 Å². The van der Waals surface area contributed by atoms with Crippen LogP contribution in [0.5, 0.6) is 0 Å². The second-order valence-electron chi connectivity index (χ2n) is 7.31. The summed E-state index contributed by atoms with van der Waals surface area (Å²) in [7, 11) is 0. The third-order valence-corrected chi connectivity index (χ3v) is 5.36. The number of rotatable bonds is 6. The normalized spacial score (nSPS) is 16.7. The molecule has 3 aromatic rings. The molecule has 0 N–H and O–H groups in total. The quantitative estimate of drug-likeness (QED) is 0.474. The van der Waals surface area contributed by atoms with Crippen LogP contribution in [0.25, 0.3) is 11.0 Å². The van der Waals surface area contributed by atoms with Crippen molar-refractivity contribution < 1.29 is 14.3 Å². The summed E-state index contributed by atoms with van der Waals surface area (Å²) in [4.78, 5) is 32.1. The number of hydrogen-bond donors (Lipinski definition) is 0. The molecule has 0 saturated carbocycles. The molecular formula is C23H25N3O3. The van der Waals surface area contributed by atoms with E-state index in [-0.39, 0.29) is 24.2 Å². The fourth-order valence-corrected chi connectivity index (χ4v) is 3.93. The Morgan fingerprint density at radius 3 is 2.66 bits per heavy atom. The number of nitrogens with zero attached hydrogens (tertiary/aromatic N) is 3. The first-order valence-corrected chi connectivity index (χ1v) is 10.1. The highest BCUT2D eigenvalue weighted by Gasteiger charge is 2.30. The molecule has 6 nitrogen and oxygen atoms in total. The van der Waals surface area contributed by atoms with Crippen LogP contribution in [0.4, 0.5) is 5.95 Å². The van der Waals surface area contributed by atoms with Crippen molar-refractivity contribution in [3.05, 3.63) is 60.2 Å². The lowest BCUT2D eigenvalue weighted by Crippen LogP contribution is -2.41. The maximum atomic E-state index is 12.9. The second-order valence-corrected chi connectivity index (χ2v) is 7.31. The average Bonchev–Trinajstić information content (AvgIpc) is 3.13. The molecule has 1 saturated heterocycles. The molecule has 1 unspecified atom stereocenters. The number of esters is 1. The summed E-state index contributed by atoms with van der Waals surface area (Å²) >= 11 is 0. The number of imidazole rings is 1. The van der Waals surface area contributed by atoms with E-state index in [9.17, 15) is 9.59 Å². The maximum Gasteiger partial charge on any atom is 0.310 e. The minimum atomic E-state index is -0.165. The van der Waals surface area contributed by atoms with E-state index in [1.54, 1.807) is 0 Å². The number of hydrogen-bond acceptors (Lipinski definition) is 5. The van der Waals surface area contributed by atoms with Gasteiger partial charge in [0.2, 0.25) is 5.95 Å². The first-order chi connectivity index (χ1) is 14.2. The number of ketones is 1. The molecule has 1 atom stereocenters. The third-order valence-electron chi connectivity index (χ3n) is 5.36. The Balaban J connectivity index is 1.66. The van der Waals surface area contributed by atoms with Crippen LogP contribution in [-0.2, 0) is 16.1 Å². The van der Waals surface area contributed by atoms with Gasteiger partial charge in [0, 0.05) is 18.7 Å². The highest BCUT2D eigenvalue weighted by atomic mass is 16.5. The lowest BCUT2D eigenvalue weighted by molar-refractivity contribution is -0.148. The van der Waals surface area contributed by atoms with Gasteiger partial charge in [-0.25, -0.2) is 4.98 Å². The van der Waals surface area contributed by atoms with E-state index in [0.29, 0.717) is 18.7 Å². The minimum absolute atomic E-state index is 0.0361. The zero-order valence-corrected chi connectivity index (χ0v) is 16.6. The fraction of sp³-hybridized carbons (Fsp3) is 0.348. The summed E-state index contributed by atoms with van der Waals surface area (Å²) in [6.45, 7) is 3.79. The molecule has 29 heavy (non-hydrogen) atoms. The average molecular weight is 391 g/mol. The number of Topliss-reactive ketones (excluding diaryl/α,β-unsaturated/α-hetero) is 1. The van der Waals surface area contributed by atoms with Crippen LogP contribution in [-0.4, -0.2) is 41.0 Å². The Morgan fingerprint density at radius 2 is 1.86 bits per heavy atom. The van der Waals surface area contributed by atoms with Gasteiger partial charge in [-0.15, -0.1) is 0 Å². The highest BCUT2D eigenvalue weighted by molar-refractivity contribution is 5.97. The number of anilines is 1. The van der Waals surface area contributed by atoms with E-state index in [1.807, 2.05) is 66.1 Å². The van der Waals surface area contributed by atoms with Crippen LogP contribution in [0, 0.1) is 5.92 Å². The molecule has 2 aromatic carbocycles. The van der Waals surface area contributed by atoms with Gasteiger partial charge < -0.3 is 14.2 Å². The van der Waals surface area contributed by atoms with Gasteiger partial charge >= 0.3 is 5.97 Å². The first-order valence-electron chi connectivity index (χ1n) is 10.1. The van der Waals surface area contributed by atoms with E-state index in [4.69, 9.17) is 9.72 Å². The summed E-state index contributed by atoms with van der Waals surface area (Å²) in [5.74, 6) is 0.459. The van der Waals surface area contributed by atoms with Crippen molar-refractivity contribution in [1.29, 1.82) is 0 Å². The van der Waals surface area contributed by atoms with E-state index in [2.05, 4.69) is 4.90 Å². The van der Waals surface area contributed by atoms with Crippen molar-refractivity contribution in [2.24, 2.45) is 5.92 Å². The smallest absolute Gasteiger partial charge is 0.310 e. The van der Waals surface area contributed by atoms with Crippen molar-refractivity contribution in [3.8, 4) is 0 Å². The predicted octanol–water partition coefficient (Wildman–Crippen LogP) is 3.70. The monoisotopic (exact) mass is 391 g/mol. The van der Waals surface area contributed by atoms with Gasteiger partial charge in [0.1, 0.15) is 0 Å². The SMILES string of the molecule is CCOC(=O)C1CCCN(c2nc3ccccc3n2CC(=O)c2ccccc2)C1. The molecule has 0 aliphatic carbocycles. The summed E-state index contributed by atoms with van der Waals surface area (Å²) < 4.78 is 7.20. The largest absolute Gasteiger partial charge is 0.466 e. The molecule has 1 aliphatic rings. The Labute approximate surface area is 170 Å². The van der Waals surface area contributed by atoms with E-state index < -0.39 is 0 Å². The minimum Gasteiger partial charge on any atom is -0.466 e. The summed E-state index contributed by atoms with van der Waals surface area (Å²) in [6, 6.07) is 17.1. The fourth-order valence-electron chi connectivity index (χ4n) is 3.93. The Hall–Kier alpha value is -3.15. The molecule has 0 bridgehead atoms. The molecule has 1 aliphatic heterocycles. The molecule has 0 amide bonds. The van der Waals surface area contributed by atoms with E-state index in [0.717, 1.165) is 36.4 Å². The lowest BCUT2D eigenvalue weighted by Gasteiger charge is -2.32. The summed E-state index contributed by atoms with van der Waals surface area (Å²) in [5, 5.41) is 0.